The van der Waals surface area contributed by atoms with E-state index in [1.54, 1.807) is 19.2 Å². The summed E-state index contributed by atoms with van der Waals surface area (Å²) in [6, 6.07) is 11.8. The molecule has 0 fully saturated rings. The number of β-amino-alcohol motifs (C(OH)–C–C–N with tert-alkyl or cyclic N) is 1. The van der Waals surface area contributed by atoms with E-state index in [0.29, 0.717) is 18.0 Å². The molecule has 1 aliphatic heterocycles. The Hall–Kier alpha value is -2.83. The molecule has 2 aromatic carbocycles. The molecule has 29 heavy (non-hydrogen) atoms. The minimum atomic E-state index is -0.651. The van der Waals surface area contributed by atoms with E-state index in [0.717, 1.165) is 25.1 Å². The van der Waals surface area contributed by atoms with Crippen LogP contribution in [-0.4, -0.2) is 41.1 Å². The summed E-state index contributed by atoms with van der Waals surface area (Å²) in [7, 11) is 1.56. The van der Waals surface area contributed by atoms with Crippen LogP contribution in [0.15, 0.2) is 36.4 Å². The molecule has 0 bridgehead atoms. The Bertz CT molecular complexity index is 1060. The highest BCUT2D eigenvalue weighted by atomic mass is 16.5. The lowest BCUT2D eigenvalue weighted by Crippen LogP contribution is -2.33. The molecule has 0 saturated heterocycles. The number of nitrogens with one attached hydrogen (secondary N) is 2. The number of rotatable bonds is 5. The highest BCUT2D eigenvalue weighted by Crippen LogP contribution is 2.32. The number of aryl methyl sites for hydroxylation is 1. The SMILES string of the molecule is COc1ccc([C@H](O)CN2CCc3[nH]c4c(C)cccc4c3C2)cc1NC(C)=O. The average Bonchev–Trinajstić information content (AvgIpc) is 3.07. The number of H-pyrrole nitrogens is 1. The Morgan fingerprint density at radius 2 is 2.17 bits per heavy atom. The van der Waals surface area contributed by atoms with Crippen molar-refractivity contribution in [3.8, 4) is 5.75 Å². The summed E-state index contributed by atoms with van der Waals surface area (Å²) in [5.41, 5.74) is 6.44. The first-order chi connectivity index (χ1) is 14.0. The fourth-order valence-electron chi connectivity index (χ4n) is 4.17. The van der Waals surface area contributed by atoms with E-state index < -0.39 is 6.10 Å². The molecule has 3 aromatic rings. The summed E-state index contributed by atoms with van der Waals surface area (Å²) in [6.45, 7) is 5.82. The molecule has 1 atom stereocenters. The highest BCUT2D eigenvalue weighted by Gasteiger charge is 2.23. The van der Waals surface area contributed by atoms with E-state index in [4.69, 9.17) is 4.74 Å². The van der Waals surface area contributed by atoms with Crippen molar-refractivity contribution in [2.45, 2.75) is 32.9 Å². The van der Waals surface area contributed by atoms with E-state index >= 15 is 0 Å². The summed E-state index contributed by atoms with van der Waals surface area (Å²) in [5.74, 6) is 0.404. The van der Waals surface area contributed by atoms with Gasteiger partial charge in [-0.25, -0.2) is 0 Å². The molecule has 6 heteroatoms. The Kier molecular flexibility index (Phi) is 5.30. The van der Waals surface area contributed by atoms with Gasteiger partial charge in [0, 0.05) is 49.6 Å². The number of carbonyl (C=O) groups excluding carboxylic acids is 1. The first-order valence-electron chi connectivity index (χ1n) is 9.91. The zero-order valence-corrected chi connectivity index (χ0v) is 17.1. The van der Waals surface area contributed by atoms with Gasteiger partial charge in [-0.3, -0.25) is 9.69 Å². The number of amides is 1. The number of ether oxygens (including phenoxy) is 1. The monoisotopic (exact) mass is 393 g/mol. The van der Waals surface area contributed by atoms with E-state index in [2.05, 4.69) is 40.3 Å². The number of para-hydroxylation sites is 1. The Balaban J connectivity index is 1.52. The number of aliphatic hydroxyl groups is 1. The fourth-order valence-corrected chi connectivity index (χ4v) is 4.17. The molecule has 4 rings (SSSR count). The molecule has 1 amide bonds. The molecule has 0 spiro atoms. The largest absolute Gasteiger partial charge is 0.495 e. The predicted molar refractivity (Wildman–Crippen MR) is 114 cm³/mol. The number of aromatic nitrogens is 1. The molecule has 0 radical (unpaired) electrons. The van der Waals surface area contributed by atoms with Crippen molar-refractivity contribution in [1.29, 1.82) is 0 Å². The standard InChI is InChI=1S/C23H27N3O3/c1-14-5-4-6-17-18-12-26(10-9-19(18)25-23(14)17)13-21(28)16-7-8-22(29-3)20(11-16)24-15(2)27/h4-8,11,21,25,28H,9-10,12-13H2,1-3H3,(H,24,27)/t21-/m1/s1. The third-order valence-corrected chi connectivity index (χ3v) is 5.65. The van der Waals surface area contributed by atoms with Crippen molar-refractivity contribution in [3.63, 3.8) is 0 Å². The van der Waals surface area contributed by atoms with E-state index in [9.17, 15) is 9.90 Å². The molecular formula is C23H27N3O3. The van der Waals surface area contributed by atoms with Crippen molar-refractivity contribution < 1.29 is 14.6 Å². The number of methoxy groups -OCH3 is 1. The molecule has 3 N–H and O–H groups in total. The van der Waals surface area contributed by atoms with Crippen LogP contribution >= 0.6 is 0 Å². The van der Waals surface area contributed by atoms with Crippen molar-refractivity contribution in [3.05, 3.63) is 58.8 Å². The van der Waals surface area contributed by atoms with Gasteiger partial charge in [0.15, 0.2) is 0 Å². The first kappa shape index (κ1) is 19.5. The van der Waals surface area contributed by atoms with E-state index in [1.807, 2.05) is 6.07 Å². The Morgan fingerprint density at radius 3 is 2.93 bits per heavy atom. The maximum absolute atomic E-state index is 11.5. The van der Waals surface area contributed by atoms with Crippen LogP contribution in [0.5, 0.6) is 5.75 Å². The van der Waals surface area contributed by atoms with Crippen LogP contribution in [-0.2, 0) is 17.8 Å². The Morgan fingerprint density at radius 1 is 1.34 bits per heavy atom. The van der Waals surface area contributed by atoms with Crippen LogP contribution in [0.1, 0.15) is 35.4 Å². The molecule has 1 aliphatic rings. The minimum absolute atomic E-state index is 0.173. The number of hydrogen-bond acceptors (Lipinski definition) is 4. The third kappa shape index (κ3) is 3.86. The van der Waals surface area contributed by atoms with Gasteiger partial charge in [0.05, 0.1) is 18.9 Å². The fraction of sp³-hybridized carbons (Fsp3) is 0.348. The molecule has 6 nitrogen and oxygen atoms in total. The maximum atomic E-state index is 11.5. The van der Waals surface area contributed by atoms with Gasteiger partial charge in [0.25, 0.3) is 0 Å². The van der Waals surface area contributed by atoms with Crippen molar-refractivity contribution in [2.75, 3.05) is 25.5 Å². The van der Waals surface area contributed by atoms with Crippen molar-refractivity contribution in [2.24, 2.45) is 0 Å². The van der Waals surface area contributed by atoms with Gasteiger partial charge >= 0.3 is 0 Å². The number of benzene rings is 2. The summed E-state index contributed by atoms with van der Waals surface area (Å²) in [5, 5.41) is 14.9. The summed E-state index contributed by atoms with van der Waals surface area (Å²) in [6.07, 6.45) is 0.289. The number of nitrogens with zero attached hydrogens (tertiary/aromatic N) is 1. The quantitative estimate of drug-likeness (QED) is 0.620. The van der Waals surface area contributed by atoms with Gasteiger partial charge in [-0.05, 0) is 35.7 Å². The zero-order valence-electron chi connectivity index (χ0n) is 17.1. The van der Waals surface area contributed by atoms with Gasteiger partial charge in [-0.1, -0.05) is 24.3 Å². The van der Waals surface area contributed by atoms with Crippen LogP contribution in [0.3, 0.4) is 0 Å². The van der Waals surface area contributed by atoms with Crippen LogP contribution < -0.4 is 10.1 Å². The molecule has 0 saturated carbocycles. The second kappa shape index (κ2) is 7.89. The van der Waals surface area contributed by atoms with Crippen molar-refractivity contribution in [1.82, 2.24) is 9.88 Å². The lowest BCUT2D eigenvalue weighted by Gasteiger charge is -2.29. The van der Waals surface area contributed by atoms with E-state index in [1.165, 1.54) is 34.6 Å². The number of anilines is 1. The lowest BCUT2D eigenvalue weighted by atomic mass is 10.0. The number of carbonyl (C=O) groups is 1. The number of fused-ring (bicyclic) bond motifs is 3. The second-order valence-corrected chi connectivity index (χ2v) is 7.72. The molecule has 2 heterocycles. The summed E-state index contributed by atoms with van der Waals surface area (Å²) >= 11 is 0. The normalized spacial score (nSPS) is 15.2. The molecule has 152 valence electrons. The summed E-state index contributed by atoms with van der Waals surface area (Å²) < 4.78 is 5.30. The molecule has 1 aromatic heterocycles. The van der Waals surface area contributed by atoms with Gasteiger partial charge in [-0.2, -0.15) is 0 Å². The Labute approximate surface area is 170 Å². The third-order valence-electron chi connectivity index (χ3n) is 5.65. The van der Waals surface area contributed by atoms with Crippen LogP contribution in [0.2, 0.25) is 0 Å². The molecule has 0 aliphatic carbocycles. The minimum Gasteiger partial charge on any atom is -0.495 e. The summed E-state index contributed by atoms with van der Waals surface area (Å²) in [4.78, 5) is 17.3. The highest BCUT2D eigenvalue weighted by molar-refractivity contribution is 5.90. The lowest BCUT2D eigenvalue weighted by molar-refractivity contribution is -0.114. The van der Waals surface area contributed by atoms with E-state index in [-0.39, 0.29) is 5.91 Å². The first-order valence-corrected chi connectivity index (χ1v) is 9.91. The van der Waals surface area contributed by atoms with Gasteiger partial charge < -0.3 is 20.1 Å². The van der Waals surface area contributed by atoms with Crippen molar-refractivity contribution >= 4 is 22.5 Å². The van der Waals surface area contributed by atoms with Gasteiger partial charge in [0.1, 0.15) is 5.75 Å². The topological polar surface area (TPSA) is 77.6 Å². The van der Waals surface area contributed by atoms with Gasteiger partial charge in [-0.15, -0.1) is 0 Å². The number of hydrogen-bond donors (Lipinski definition) is 3. The number of aromatic amines is 1. The maximum Gasteiger partial charge on any atom is 0.221 e. The van der Waals surface area contributed by atoms with Crippen LogP contribution in [0.4, 0.5) is 5.69 Å². The molecule has 0 unspecified atom stereocenters. The van der Waals surface area contributed by atoms with Crippen LogP contribution in [0.25, 0.3) is 10.9 Å². The average molecular weight is 393 g/mol. The predicted octanol–water partition coefficient (Wildman–Crippen LogP) is 3.54. The zero-order chi connectivity index (χ0) is 20.5. The second-order valence-electron chi connectivity index (χ2n) is 7.72. The molecular weight excluding hydrogens is 366 g/mol. The van der Waals surface area contributed by atoms with Crippen LogP contribution in [0, 0.1) is 6.92 Å². The number of aliphatic hydroxyl groups excluding tert-OH is 1. The van der Waals surface area contributed by atoms with Gasteiger partial charge in [0.2, 0.25) is 5.91 Å². The smallest absolute Gasteiger partial charge is 0.221 e.